The third kappa shape index (κ3) is 3.14. The van der Waals surface area contributed by atoms with E-state index in [9.17, 15) is 5.11 Å². The molecule has 0 spiro atoms. The van der Waals surface area contributed by atoms with Gasteiger partial charge in [0.2, 0.25) is 0 Å². The number of nitrogens with two attached hydrogens (primary N) is 1. The maximum Gasteiger partial charge on any atom is 0.176 e. The van der Waals surface area contributed by atoms with Gasteiger partial charge in [0, 0.05) is 12.6 Å². The van der Waals surface area contributed by atoms with Gasteiger partial charge in [-0.15, -0.1) is 0 Å². The van der Waals surface area contributed by atoms with E-state index in [1.54, 1.807) is 6.07 Å². The Bertz CT molecular complexity index is 434. The third-order valence-electron chi connectivity index (χ3n) is 3.54. The van der Waals surface area contributed by atoms with E-state index in [4.69, 9.17) is 22.1 Å². The highest BCUT2D eigenvalue weighted by Gasteiger charge is 2.24. The van der Waals surface area contributed by atoms with Crippen molar-refractivity contribution in [2.75, 3.05) is 26.2 Å². The number of phenols is 1. The lowest BCUT2D eigenvalue weighted by Gasteiger charge is -2.27. The SMILES string of the molecule is CCOc1cc(C(CN)N2CCCC2)cc(Cl)c1O. The Labute approximate surface area is 119 Å². The van der Waals surface area contributed by atoms with Gasteiger partial charge >= 0.3 is 0 Å². The lowest BCUT2D eigenvalue weighted by molar-refractivity contribution is 0.249. The van der Waals surface area contributed by atoms with Crippen LogP contribution in [0.2, 0.25) is 5.02 Å². The molecule has 5 heteroatoms. The van der Waals surface area contributed by atoms with Crippen molar-refractivity contribution in [3.8, 4) is 11.5 Å². The zero-order valence-electron chi connectivity index (χ0n) is 11.2. The van der Waals surface area contributed by atoms with Gasteiger partial charge in [-0.25, -0.2) is 0 Å². The van der Waals surface area contributed by atoms with Crippen LogP contribution in [0.5, 0.6) is 11.5 Å². The summed E-state index contributed by atoms with van der Waals surface area (Å²) < 4.78 is 5.42. The van der Waals surface area contributed by atoms with E-state index >= 15 is 0 Å². The van der Waals surface area contributed by atoms with Crippen LogP contribution in [-0.2, 0) is 0 Å². The Morgan fingerprint density at radius 3 is 2.68 bits per heavy atom. The minimum Gasteiger partial charge on any atom is -0.503 e. The summed E-state index contributed by atoms with van der Waals surface area (Å²) in [4.78, 5) is 2.36. The van der Waals surface area contributed by atoms with E-state index in [0.29, 0.717) is 23.9 Å². The molecule has 3 N–H and O–H groups in total. The number of ether oxygens (including phenoxy) is 1. The second-order valence-corrected chi connectivity index (χ2v) is 5.18. The fourth-order valence-corrected chi connectivity index (χ4v) is 2.82. The zero-order chi connectivity index (χ0) is 13.8. The maximum atomic E-state index is 9.87. The molecule has 0 amide bonds. The normalized spacial score (nSPS) is 17.6. The summed E-state index contributed by atoms with van der Waals surface area (Å²) in [6.45, 7) is 5.02. The van der Waals surface area contributed by atoms with Gasteiger partial charge in [-0.1, -0.05) is 11.6 Å². The molecule has 0 saturated carbocycles. The number of aromatic hydroxyl groups is 1. The van der Waals surface area contributed by atoms with Crippen molar-refractivity contribution in [1.82, 2.24) is 4.90 Å². The van der Waals surface area contributed by atoms with Crippen LogP contribution in [0.3, 0.4) is 0 Å². The number of likely N-dealkylation sites (tertiary alicyclic amines) is 1. The number of halogens is 1. The van der Waals surface area contributed by atoms with Crippen molar-refractivity contribution < 1.29 is 9.84 Å². The molecule has 0 aromatic heterocycles. The topological polar surface area (TPSA) is 58.7 Å². The van der Waals surface area contributed by atoms with Crippen LogP contribution in [0.1, 0.15) is 31.4 Å². The molecule has 2 rings (SSSR count). The summed E-state index contributed by atoms with van der Waals surface area (Å²) in [6, 6.07) is 3.77. The Morgan fingerprint density at radius 1 is 1.42 bits per heavy atom. The van der Waals surface area contributed by atoms with Crippen LogP contribution in [0, 0.1) is 0 Å². The van der Waals surface area contributed by atoms with Crippen LogP contribution in [0.25, 0.3) is 0 Å². The molecule has 0 radical (unpaired) electrons. The molecule has 4 nitrogen and oxygen atoms in total. The first kappa shape index (κ1) is 14.4. The maximum absolute atomic E-state index is 9.87. The van der Waals surface area contributed by atoms with Gasteiger partial charge in [0.05, 0.1) is 11.6 Å². The largest absolute Gasteiger partial charge is 0.503 e. The van der Waals surface area contributed by atoms with E-state index in [2.05, 4.69) is 4.90 Å². The van der Waals surface area contributed by atoms with Crippen LogP contribution in [0.4, 0.5) is 0 Å². The number of rotatable bonds is 5. The molecular formula is C14H21ClN2O2. The van der Waals surface area contributed by atoms with Gasteiger partial charge in [-0.2, -0.15) is 0 Å². The molecule has 1 fully saturated rings. The summed E-state index contributed by atoms with van der Waals surface area (Å²) in [7, 11) is 0. The second kappa shape index (κ2) is 6.46. The summed E-state index contributed by atoms with van der Waals surface area (Å²) in [5, 5.41) is 10.2. The molecule has 1 saturated heterocycles. The van der Waals surface area contributed by atoms with Crippen LogP contribution in [-0.4, -0.2) is 36.2 Å². The van der Waals surface area contributed by atoms with Crippen LogP contribution < -0.4 is 10.5 Å². The monoisotopic (exact) mass is 284 g/mol. The predicted molar refractivity (Wildman–Crippen MR) is 76.9 cm³/mol. The molecule has 1 heterocycles. The number of nitrogens with zero attached hydrogens (tertiary/aromatic N) is 1. The smallest absolute Gasteiger partial charge is 0.176 e. The quantitative estimate of drug-likeness (QED) is 0.872. The summed E-state index contributed by atoms with van der Waals surface area (Å²) in [5.41, 5.74) is 6.92. The standard InChI is InChI=1S/C14H21ClN2O2/c1-2-19-13-8-10(7-11(15)14(13)18)12(9-16)17-5-3-4-6-17/h7-8,12,18H,2-6,9,16H2,1H3. The highest BCUT2D eigenvalue weighted by molar-refractivity contribution is 6.32. The first-order valence-corrected chi connectivity index (χ1v) is 7.14. The fraction of sp³-hybridized carbons (Fsp3) is 0.571. The van der Waals surface area contributed by atoms with E-state index in [-0.39, 0.29) is 11.8 Å². The van der Waals surface area contributed by atoms with Gasteiger partial charge in [-0.05, 0) is 50.6 Å². The van der Waals surface area contributed by atoms with Gasteiger partial charge in [0.1, 0.15) is 0 Å². The number of benzene rings is 1. The van der Waals surface area contributed by atoms with Crippen molar-refractivity contribution >= 4 is 11.6 Å². The second-order valence-electron chi connectivity index (χ2n) is 4.78. The van der Waals surface area contributed by atoms with E-state index in [1.165, 1.54) is 12.8 Å². The van der Waals surface area contributed by atoms with Crippen molar-refractivity contribution in [3.05, 3.63) is 22.7 Å². The summed E-state index contributed by atoms with van der Waals surface area (Å²) in [6.07, 6.45) is 2.42. The molecule has 1 aliphatic heterocycles. The Balaban J connectivity index is 2.31. The third-order valence-corrected chi connectivity index (χ3v) is 3.83. The molecule has 0 aliphatic carbocycles. The molecule has 1 atom stereocenters. The molecule has 19 heavy (non-hydrogen) atoms. The van der Waals surface area contributed by atoms with E-state index in [0.717, 1.165) is 18.7 Å². The summed E-state index contributed by atoms with van der Waals surface area (Å²) >= 11 is 6.07. The molecular weight excluding hydrogens is 264 g/mol. The number of hydrogen-bond donors (Lipinski definition) is 2. The van der Waals surface area contributed by atoms with Gasteiger partial charge in [-0.3, -0.25) is 4.90 Å². The first-order chi connectivity index (χ1) is 9.17. The van der Waals surface area contributed by atoms with Gasteiger partial charge in [0.15, 0.2) is 11.5 Å². The zero-order valence-corrected chi connectivity index (χ0v) is 12.0. The van der Waals surface area contributed by atoms with Crippen molar-refractivity contribution in [2.24, 2.45) is 5.73 Å². The van der Waals surface area contributed by atoms with Gasteiger partial charge in [0.25, 0.3) is 0 Å². The highest BCUT2D eigenvalue weighted by Crippen LogP contribution is 2.38. The van der Waals surface area contributed by atoms with Crippen molar-refractivity contribution in [1.29, 1.82) is 0 Å². The molecule has 1 unspecified atom stereocenters. The number of hydrogen-bond acceptors (Lipinski definition) is 4. The lowest BCUT2D eigenvalue weighted by atomic mass is 10.0. The van der Waals surface area contributed by atoms with Gasteiger partial charge < -0.3 is 15.6 Å². The van der Waals surface area contributed by atoms with E-state index < -0.39 is 0 Å². The minimum atomic E-state index is 0.00413. The minimum absolute atomic E-state index is 0.00413. The predicted octanol–water partition coefficient (Wildman–Crippen LogP) is 2.54. The van der Waals surface area contributed by atoms with E-state index in [1.807, 2.05) is 13.0 Å². The molecule has 1 aliphatic rings. The van der Waals surface area contributed by atoms with Crippen molar-refractivity contribution in [2.45, 2.75) is 25.8 Å². The van der Waals surface area contributed by atoms with Crippen molar-refractivity contribution in [3.63, 3.8) is 0 Å². The molecule has 106 valence electrons. The Hall–Kier alpha value is -0.970. The fourth-order valence-electron chi connectivity index (χ4n) is 2.60. The Morgan fingerprint density at radius 2 is 2.11 bits per heavy atom. The highest BCUT2D eigenvalue weighted by atomic mass is 35.5. The Kier molecular flexibility index (Phi) is 4.91. The lowest BCUT2D eigenvalue weighted by Crippen LogP contribution is -2.31. The average molecular weight is 285 g/mol. The summed E-state index contributed by atoms with van der Waals surface area (Å²) in [5.74, 6) is 0.437. The molecule has 0 bridgehead atoms. The molecule has 1 aromatic rings. The average Bonchev–Trinajstić information content (AvgIpc) is 2.90. The number of phenolic OH excluding ortho intramolecular Hbond substituents is 1. The van der Waals surface area contributed by atoms with Crippen LogP contribution >= 0.6 is 11.6 Å². The molecule has 1 aromatic carbocycles. The first-order valence-electron chi connectivity index (χ1n) is 6.76. The van der Waals surface area contributed by atoms with Crippen LogP contribution in [0.15, 0.2) is 12.1 Å².